The third-order valence-corrected chi connectivity index (χ3v) is 11.7. The molecule has 1 aromatic heterocycles. The quantitative estimate of drug-likeness (QED) is 0.180. The van der Waals surface area contributed by atoms with Gasteiger partial charge in [0.25, 0.3) is 0 Å². The molecule has 2 aliphatic carbocycles. The number of benzene rings is 7. The second-order valence-corrected chi connectivity index (χ2v) is 15.7. The summed E-state index contributed by atoms with van der Waals surface area (Å²) in [5.74, 6) is 1.97. The van der Waals surface area contributed by atoms with Crippen molar-refractivity contribution in [2.75, 3.05) is 0 Å². The molecule has 54 heavy (non-hydrogen) atoms. The van der Waals surface area contributed by atoms with Crippen LogP contribution >= 0.6 is 0 Å². The first kappa shape index (κ1) is 32.2. The highest BCUT2D eigenvalue weighted by molar-refractivity contribution is 5.91. The van der Waals surface area contributed by atoms with E-state index in [4.69, 9.17) is 15.0 Å². The Kier molecular flexibility index (Phi) is 7.19. The van der Waals surface area contributed by atoms with Crippen molar-refractivity contribution in [1.29, 1.82) is 0 Å². The van der Waals surface area contributed by atoms with Gasteiger partial charge in [-0.15, -0.1) is 0 Å². The van der Waals surface area contributed by atoms with Gasteiger partial charge in [-0.25, -0.2) is 15.0 Å². The molecule has 0 unspecified atom stereocenters. The summed E-state index contributed by atoms with van der Waals surface area (Å²) in [7, 11) is 0. The van der Waals surface area contributed by atoms with Gasteiger partial charge in [-0.05, 0) is 91.0 Å². The lowest BCUT2D eigenvalue weighted by Crippen LogP contribution is -2.16. The normalized spacial score (nSPS) is 14.2. The standard InChI is InChI=1S/C51H39N3/c1-50(2)43-21-12-11-20-39(43)41-30-46-42(31-45(41)50)40-29-37(26-27-44(40)51(46,3)4)33-24-22-32(23-25-33)36-18-13-19-38(28-36)49-53-47(34-14-7-5-8-15-34)52-48(54-49)35-16-9-6-10-17-35/h5-31H,1-4H3. The number of aromatic nitrogens is 3. The molecule has 0 N–H and O–H groups in total. The Morgan fingerprint density at radius 1 is 0.278 bits per heavy atom. The molecule has 2 aliphatic rings. The Labute approximate surface area is 317 Å². The van der Waals surface area contributed by atoms with Crippen molar-refractivity contribution < 1.29 is 0 Å². The predicted octanol–water partition coefficient (Wildman–Crippen LogP) is 12.8. The maximum atomic E-state index is 4.96. The second-order valence-electron chi connectivity index (χ2n) is 15.7. The van der Waals surface area contributed by atoms with Crippen LogP contribution in [0.3, 0.4) is 0 Å². The van der Waals surface area contributed by atoms with E-state index >= 15 is 0 Å². The molecule has 8 aromatic rings. The zero-order valence-electron chi connectivity index (χ0n) is 30.9. The molecule has 0 radical (unpaired) electrons. The van der Waals surface area contributed by atoms with E-state index in [9.17, 15) is 0 Å². The summed E-state index contributed by atoms with van der Waals surface area (Å²) < 4.78 is 0. The zero-order chi connectivity index (χ0) is 36.6. The van der Waals surface area contributed by atoms with Crippen molar-refractivity contribution in [3.8, 4) is 78.7 Å². The van der Waals surface area contributed by atoms with Crippen molar-refractivity contribution in [2.45, 2.75) is 38.5 Å². The van der Waals surface area contributed by atoms with Crippen LogP contribution in [-0.4, -0.2) is 15.0 Å². The molecule has 0 amide bonds. The van der Waals surface area contributed by atoms with Gasteiger partial charge >= 0.3 is 0 Å². The van der Waals surface area contributed by atoms with Gasteiger partial charge in [-0.1, -0.05) is 167 Å². The summed E-state index contributed by atoms with van der Waals surface area (Å²) >= 11 is 0. The van der Waals surface area contributed by atoms with Gasteiger partial charge in [0.15, 0.2) is 17.5 Å². The van der Waals surface area contributed by atoms with Gasteiger partial charge in [0.2, 0.25) is 0 Å². The maximum absolute atomic E-state index is 4.96. The van der Waals surface area contributed by atoms with E-state index in [2.05, 4.69) is 131 Å². The van der Waals surface area contributed by atoms with Gasteiger partial charge in [-0.3, -0.25) is 0 Å². The Hall–Kier alpha value is -6.45. The van der Waals surface area contributed by atoms with Crippen LogP contribution < -0.4 is 0 Å². The summed E-state index contributed by atoms with van der Waals surface area (Å²) in [5.41, 5.74) is 18.6. The first-order chi connectivity index (χ1) is 26.3. The number of rotatable bonds is 5. The van der Waals surface area contributed by atoms with Gasteiger partial charge in [0.05, 0.1) is 0 Å². The van der Waals surface area contributed by atoms with Crippen LogP contribution in [-0.2, 0) is 10.8 Å². The highest BCUT2D eigenvalue weighted by atomic mass is 15.0. The minimum Gasteiger partial charge on any atom is -0.208 e. The molecular weight excluding hydrogens is 655 g/mol. The Balaban J connectivity index is 0.993. The molecule has 0 aliphatic heterocycles. The van der Waals surface area contributed by atoms with Crippen molar-refractivity contribution in [1.82, 2.24) is 15.0 Å². The van der Waals surface area contributed by atoms with E-state index in [1.54, 1.807) is 0 Å². The molecule has 0 bridgehead atoms. The largest absolute Gasteiger partial charge is 0.208 e. The molecule has 258 valence electrons. The average molecular weight is 694 g/mol. The number of fused-ring (bicyclic) bond motifs is 6. The van der Waals surface area contributed by atoms with Crippen LogP contribution in [0.15, 0.2) is 164 Å². The molecule has 0 spiro atoms. The van der Waals surface area contributed by atoms with Gasteiger partial charge in [0, 0.05) is 27.5 Å². The summed E-state index contributed by atoms with van der Waals surface area (Å²) in [6.45, 7) is 9.49. The van der Waals surface area contributed by atoms with E-state index in [-0.39, 0.29) is 10.8 Å². The SMILES string of the molecule is CC1(C)c2ccccc2-c2cc3c(cc21)-c1cc(-c2ccc(-c4cccc(-c5nc(-c6ccccc6)nc(-c6ccccc6)n5)c4)cc2)ccc1C3(C)C. The van der Waals surface area contributed by atoms with Gasteiger partial charge in [0.1, 0.15) is 0 Å². The molecule has 7 aromatic carbocycles. The molecule has 10 rings (SSSR count). The predicted molar refractivity (Wildman–Crippen MR) is 222 cm³/mol. The van der Waals surface area contributed by atoms with E-state index in [1.165, 1.54) is 55.6 Å². The molecule has 0 saturated heterocycles. The lowest BCUT2D eigenvalue weighted by Gasteiger charge is -2.24. The molecule has 0 saturated carbocycles. The Morgan fingerprint density at radius 3 is 1.28 bits per heavy atom. The first-order valence-electron chi connectivity index (χ1n) is 18.8. The summed E-state index contributed by atoms with van der Waals surface area (Å²) in [6.07, 6.45) is 0. The molecule has 3 heteroatoms. The fourth-order valence-electron chi connectivity index (χ4n) is 8.76. The van der Waals surface area contributed by atoms with E-state index < -0.39 is 0 Å². The van der Waals surface area contributed by atoms with Gasteiger partial charge in [-0.2, -0.15) is 0 Å². The van der Waals surface area contributed by atoms with Crippen LogP contribution in [0.2, 0.25) is 0 Å². The maximum Gasteiger partial charge on any atom is 0.164 e. The first-order valence-corrected chi connectivity index (χ1v) is 18.8. The third-order valence-electron chi connectivity index (χ3n) is 11.7. The monoisotopic (exact) mass is 693 g/mol. The van der Waals surface area contributed by atoms with Crippen molar-refractivity contribution >= 4 is 0 Å². The number of hydrogen-bond donors (Lipinski definition) is 0. The van der Waals surface area contributed by atoms with Crippen molar-refractivity contribution in [3.63, 3.8) is 0 Å². The Bertz CT molecular complexity index is 2690. The number of hydrogen-bond acceptors (Lipinski definition) is 3. The smallest absolute Gasteiger partial charge is 0.164 e. The minimum atomic E-state index is -0.0724. The molecular formula is C51H39N3. The lowest BCUT2D eigenvalue weighted by molar-refractivity contribution is 0.652. The van der Waals surface area contributed by atoms with E-state index in [0.29, 0.717) is 17.5 Å². The molecule has 3 nitrogen and oxygen atoms in total. The van der Waals surface area contributed by atoms with Crippen LogP contribution in [0.1, 0.15) is 49.9 Å². The second kappa shape index (κ2) is 12.0. The van der Waals surface area contributed by atoms with E-state index in [1.807, 2.05) is 60.7 Å². The highest BCUT2D eigenvalue weighted by Crippen LogP contribution is 2.56. The fourth-order valence-corrected chi connectivity index (χ4v) is 8.76. The van der Waals surface area contributed by atoms with Crippen LogP contribution in [0.25, 0.3) is 78.7 Å². The average Bonchev–Trinajstić information content (AvgIpc) is 3.59. The summed E-state index contributed by atoms with van der Waals surface area (Å²) in [6, 6.07) is 58.7. The van der Waals surface area contributed by atoms with Crippen LogP contribution in [0.5, 0.6) is 0 Å². The summed E-state index contributed by atoms with van der Waals surface area (Å²) in [5, 5.41) is 0. The fraction of sp³-hybridized carbons (Fsp3) is 0.118. The third kappa shape index (κ3) is 5.07. The molecule has 0 fully saturated rings. The minimum absolute atomic E-state index is 0.0313. The molecule has 0 atom stereocenters. The summed E-state index contributed by atoms with van der Waals surface area (Å²) in [4.78, 5) is 14.8. The van der Waals surface area contributed by atoms with E-state index in [0.717, 1.165) is 27.8 Å². The van der Waals surface area contributed by atoms with Crippen LogP contribution in [0.4, 0.5) is 0 Å². The van der Waals surface area contributed by atoms with Crippen molar-refractivity contribution in [3.05, 3.63) is 186 Å². The zero-order valence-corrected chi connectivity index (χ0v) is 30.9. The number of nitrogens with zero attached hydrogens (tertiary/aromatic N) is 3. The lowest BCUT2D eigenvalue weighted by atomic mass is 9.79. The highest BCUT2D eigenvalue weighted by Gasteiger charge is 2.41. The van der Waals surface area contributed by atoms with Gasteiger partial charge < -0.3 is 0 Å². The van der Waals surface area contributed by atoms with Crippen molar-refractivity contribution in [2.24, 2.45) is 0 Å². The molecule has 1 heterocycles. The Morgan fingerprint density at radius 2 is 0.685 bits per heavy atom. The van der Waals surface area contributed by atoms with Crippen LogP contribution in [0, 0.1) is 0 Å². The topological polar surface area (TPSA) is 38.7 Å².